The van der Waals surface area contributed by atoms with Gasteiger partial charge in [0.1, 0.15) is 0 Å². The highest BCUT2D eigenvalue weighted by atomic mass is 32.1. The molecule has 3 heterocycles. The van der Waals surface area contributed by atoms with Crippen molar-refractivity contribution in [3.8, 4) is 0 Å². The molecule has 4 rings (SSSR count). The molecular weight excluding hydrogens is 370 g/mol. The second-order valence-electron chi connectivity index (χ2n) is 8.28. The maximum Gasteiger partial charge on any atom is 0.258 e. The highest BCUT2D eigenvalue weighted by Gasteiger charge is 2.32. The predicted octanol–water partition coefficient (Wildman–Crippen LogP) is 3.59. The number of likely N-dealkylation sites (N-methyl/N-ethyl adjacent to an activating group) is 1. The Labute approximate surface area is 171 Å². The van der Waals surface area contributed by atoms with Crippen LogP contribution in [0.5, 0.6) is 0 Å². The van der Waals surface area contributed by atoms with Crippen molar-refractivity contribution in [1.29, 1.82) is 0 Å². The molecule has 1 aromatic rings. The first kappa shape index (κ1) is 19.6. The van der Waals surface area contributed by atoms with Gasteiger partial charge < -0.3 is 15.1 Å². The molecule has 1 aliphatic carbocycles. The number of rotatable bonds is 4. The van der Waals surface area contributed by atoms with Crippen LogP contribution in [0.1, 0.15) is 66.1 Å². The van der Waals surface area contributed by atoms with Crippen LogP contribution in [0.3, 0.4) is 0 Å². The van der Waals surface area contributed by atoms with Crippen molar-refractivity contribution < 1.29 is 9.59 Å². The van der Waals surface area contributed by atoms with Crippen LogP contribution in [0.2, 0.25) is 0 Å². The Hall–Kier alpha value is -1.66. The van der Waals surface area contributed by atoms with Gasteiger partial charge in [0.05, 0.1) is 12.1 Å². The summed E-state index contributed by atoms with van der Waals surface area (Å²) in [5.41, 5.74) is 2.13. The van der Waals surface area contributed by atoms with E-state index in [9.17, 15) is 9.59 Å². The SMILES string of the molecule is CNCC(=O)N1CCC(c2cc(C(=O)N3CCCC4CCCC=C43)cs2)CC1. The molecule has 1 aromatic heterocycles. The average Bonchev–Trinajstić information content (AvgIpc) is 3.23. The fraction of sp³-hybridized carbons (Fsp3) is 0.636. The number of amides is 2. The first-order valence-electron chi connectivity index (χ1n) is 10.7. The third kappa shape index (κ3) is 4.03. The first-order valence-corrected chi connectivity index (χ1v) is 11.6. The average molecular weight is 402 g/mol. The third-order valence-corrected chi connectivity index (χ3v) is 7.56. The van der Waals surface area contributed by atoms with Crippen molar-refractivity contribution in [3.05, 3.63) is 33.7 Å². The smallest absolute Gasteiger partial charge is 0.258 e. The Balaban J connectivity index is 1.40. The van der Waals surface area contributed by atoms with Gasteiger partial charge in [0.2, 0.25) is 5.91 Å². The van der Waals surface area contributed by atoms with E-state index in [1.165, 1.54) is 29.8 Å². The molecule has 2 fully saturated rings. The molecule has 0 spiro atoms. The molecule has 2 saturated heterocycles. The second kappa shape index (κ2) is 8.78. The number of piperidine rings is 2. The van der Waals surface area contributed by atoms with Crippen molar-refractivity contribution in [3.63, 3.8) is 0 Å². The lowest BCUT2D eigenvalue weighted by atomic mass is 9.84. The van der Waals surface area contributed by atoms with Gasteiger partial charge in [0.25, 0.3) is 5.91 Å². The van der Waals surface area contributed by atoms with Crippen LogP contribution >= 0.6 is 11.3 Å². The summed E-state index contributed by atoms with van der Waals surface area (Å²) < 4.78 is 0. The summed E-state index contributed by atoms with van der Waals surface area (Å²) in [5, 5.41) is 4.98. The first-order chi connectivity index (χ1) is 13.7. The van der Waals surface area contributed by atoms with E-state index < -0.39 is 0 Å². The minimum atomic E-state index is 0.182. The second-order valence-corrected chi connectivity index (χ2v) is 9.22. The van der Waals surface area contributed by atoms with E-state index in [2.05, 4.69) is 22.4 Å². The molecule has 5 nitrogen and oxygen atoms in total. The summed E-state index contributed by atoms with van der Waals surface area (Å²) in [5.74, 6) is 1.42. The van der Waals surface area contributed by atoms with Crippen LogP contribution in [0, 0.1) is 5.92 Å². The van der Waals surface area contributed by atoms with Crippen LogP contribution in [0.25, 0.3) is 0 Å². The number of carbonyl (C=O) groups excluding carboxylic acids is 2. The molecule has 0 saturated carbocycles. The van der Waals surface area contributed by atoms with E-state index in [0.717, 1.165) is 50.9 Å². The Morgan fingerprint density at radius 3 is 2.68 bits per heavy atom. The van der Waals surface area contributed by atoms with Crippen molar-refractivity contribution in [2.24, 2.45) is 5.92 Å². The molecule has 0 radical (unpaired) electrons. The fourth-order valence-corrected chi connectivity index (χ4v) is 5.96. The van der Waals surface area contributed by atoms with E-state index in [0.29, 0.717) is 18.4 Å². The van der Waals surface area contributed by atoms with Gasteiger partial charge in [-0.1, -0.05) is 6.08 Å². The molecule has 3 aliphatic rings. The van der Waals surface area contributed by atoms with Gasteiger partial charge in [-0.05, 0) is 69.9 Å². The summed E-state index contributed by atoms with van der Waals surface area (Å²) in [6, 6.07) is 2.12. The highest BCUT2D eigenvalue weighted by Crippen LogP contribution is 2.37. The predicted molar refractivity (Wildman–Crippen MR) is 112 cm³/mol. The molecule has 0 bridgehead atoms. The number of likely N-dealkylation sites (tertiary alicyclic amines) is 2. The van der Waals surface area contributed by atoms with Crippen LogP contribution in [0.15, 0.2) is 23.2 Å². The normalized spacial score (nSPS) is 23.3. The van der Waals surface area contributed by atoms with Gasteiger partial charge in [-0.25, -0.2) is 0 Å². The third-order valence-electron chi connectivity index (χ3n) is 6.46. The maximum absolute atomic E-state index is 13.2. The van der Waals surface area contributed by atoms with Crippen LogP contribution in [0.4, 0.5) is 0 Å². The van der Waals surface area contributed by atoms with Gasteiger partial charge in [-0.15, -0.1) is 11.3 Å². The molecule has 0 aromatic carbocycles. The number of allylic oxidation sites excluding steroid dienone is 2. The Bertz CT molecular complexity index is 749. The van der Waals surface area contributed by atoms with Gasteiger partial charge in [-0.3, -0.25) is 9.59 Å². The lowest BCUT2D eigenvalue weighted by Crippen LogP contribution is -2.41. The lowest BCUT2D eigenvalue weighted by molar-refractivity contribution is -0.131. The van der Waals surface area contributed by atoms with E-state index >= 15 is 0 Å². The Kier molecular flexibility index (Phi) is 6.16. The van der Waals surface area contributed by atoms with E-state index in [1.54, 1.807) is 11.3 Å². The Morgan fingerprint density at radius 2 is 1.89 bits per heavy atom. The number of hydrogen-bond donors (Lipinski definition) is 1. The summed E-state index contributed by atoms with van der Waals surface area (Å²) in [4.78, 5) is 30.5. The highest BCUT2D eigenvalue weighted by molar-refractivity contribution is 7.10. The number of thiophene rings is 1. The molecule has 28 heavy (non-hydrogen) atoms. The summed E-state index contributed by atoms with van der Waals surface area (Å²) in [6.07, 6.45) is 10.2. The summed E-state index contributed by atoms with van der Waals surface area (Å²) in [7, 11) is 1.81. The summed E-state index contributed by atoms with van der Waals surface area (Å²) >= 11 is 1.71. The van der Waals surface area contributed by atoms with Crippen LogP contribution in [-0.4, -0.2) is 54.8 Å². The van der Waals surface area contributed by atoms with Crippen LogP contribution in [-0.2, 0) is 4.79 Å². The quantitative estimate of drug-likeness (QED) is 0.839. The number of fused-ring (bicyclic) bond motifs is 1. The molecule has 1 unspecified atom stereocenters. The van der Waals surface area contributed by atoms with Crippen molar-refractivity contribution >= 4 is 23.2 Å². The van der Waals surface area contributed by atoms with Gasteiger partial charge in [-0.2, -0.15) is 0 Å². The van der Waals surface area contributed by atoms with Gasteiger partial charge in [0.15, 0.2) is 0 Å². The molecule has 6 heteroatoms. The van der Waals surface area contributed by atoms with E-state index in [4.69, 9.17) is 0 Å². The zero-order chi connectivity index (χ0) is 19.5. The maximum atomic E-state index is 13.2. The minimum Gasteiger partial charge on any atom is -0.342 e. The number of nitrogens with one attached hydrogen (secondary N) is 1. The zero-order valence-electron chi connectivity index (χ0n) is 16.8. The monoisotopic (exact) mass is 401 g/mol. The topological polar surface area (TPSA) is 52.7 Å². The molecule has 2 aliphatic heterocycles. The van der Waals surface area contributed by atoms with Crippen LogP contribution < -0.4 is 5.32 Å². The van der Waals surface area contributed by atoms with Crippen molar-refractivity contribution in [2.75, 3.05) is 33.2 Å². The molecule has 2 amide bonds. The number of nitrogens with zero attached hydrogens (tertiary/aromatic N) is 2. The lowest BCUT2D eigenvalue weighted by Gasteiger charge is -2.37. The zero-order valence-corrected chi connectivity index (χ0v) is 17.6. The van der Waals surface area contributed by atoms with Gasteiger partial charge in [0, 0.05) is 35.6 Å². The number of hydrogen-bond acceptors (Lipinski definition) is 4. The van der Waals surface area contributed by atoms with E-state index in [-0.39, 0.29) is 11.8 Å². The fourth-order valence-electron chi connectivity index (χ4n) is 4.91. The minimum absolute atomic E-state index is 0.182. The van der Waals surface area contributed by atoms with Crippen molar-refractivity contribution in [1.82, 2.24) is 15.1 Å². The molecule has 1 atom stereocenters. The molecule has 1 N–H and O–H groups in total. The van der Waals surface area contributed by atoms with Crippen molar-refractivity contribution in [2.45, 2.75) is 50.9 Å². The Morgan fingerprint density at radius 1 is 1.11 bits per heavy atom. The molecular formula is C22H31N3O2S. The number of carbonyl (C=O) groups is 2. The largest absolute Gasteiger partial charge is 0.342 e. The van der Waals surface area contributed by atoms with E-state index in [1.807, 2.05) is 17.3 Å². The molecule has 152 valence electrons. The van der Waals surface area contributed by atoms with Gasteiger partial charge >= 0.3 is 0 Å². The summed E-state index contributed by atoms with van der Waals surface area (Å²) in [6.45, 7) is 2.90. The standard InChI is InChI=1S/C22H31N3O2S/c1-23-14-21(26)24-11-8-17(9-12-24)20-13-18(15-28-20)22(27)25-10-4-6-16-5-2-3-7-19(16)25/h7,13,15-17,23H,2-6,8-12,14H2,1H3.